The second kappa shape index (κ2) is 15.0. The summed E-state index contributed by atoms with van der Waals surface area (Å²) in [5.74, 6) is 2.01. The van der Waals surface area contributed by atoms with Crippen LogP contribution >= 0.6 is 0 Å². The Morgan fingerprint density at radius 3 is 2.21 bits per heavy atom. The molecule has 2 aliphatic heterocycles. The van der Waals surface area contributed by atoms with Gasteiger partial charge in [0.2, 0.25) is 11.8 Å². The third-order valence-electron chi connectivity index (χ3n) is 9.76. The SMILES string of the molecule is C=CC(=O)N1CCC[C@@H](Nc2ncnc(N)c2C(=N)c2ccc(Oc3ccc(-c4nn([C@@H]5CCCN(C(=O)C=C)C5)c5ccnc(N)c45)cc3)cc2)C1. The van der Waals surface area contributed by atoms with E-state index in [1.54, 1.807) is 35.4 Å². The lowest BCUT2D eigenvalue weighted by Gasteiger charge is -2.33. The molecule has 53 heavy (non-hydrogen) atoms. The lowest BCUT2D eigenvalue weighted by molar-refractivity contribution is -0.128. The summed E-state index contributed by atoms with van der Waals surface area (Å²) < 4.78 is 8.14. The highest BCUT2D eigenvalue weighted by Crippen LogP contribution is 2.36. The fraction of sp³-hybridized carbons (Fsp3) is 0.256. The van der Waals surface area contributed by atoms with Gasteiger partial charge in [0.15, 0.2) is 0 Å². The van der Waals surface area contributed by atoms with Gasteiger partial charge in [0.25, 0.3) is 0 Å². The largest absolute Gasteiger partial charge is 0.457 e. The molecule has 0 unspecified atom stereocenters. The number of ether oxygens (including phenoxy) is 1. The number of nitrogens with two attached hydrogens (primary N) is 2. The predicted molar refractivity (Wildman–Crippen MR) is 205 cm³/mol. The van der Waals surface area contributed by atoms with Crippen molar-refractivity contribution in [1.29, 1.82) is 5.41 Å². The second-order valence-corrected chi connectivity index (χ2v) is 13.1. The van der Waals surface area contributed by atoms with Gasteiger partial charge >= 0.3 is 0 Å². The Kier molecular flexibility index (Phi) is 9.84. The maximum Gasteiger partial charge on any atom is 0.246 e. The number of piperidine rings is 2. The fourth-order valence-corrected chi connectivity index (χ4v) is 7.10. The third kappa shape index (κ3) is 7.16. The van der Waals surface area contributed by atoms with Crippen LogP contribution in [0.3, 0.4) is 0 Å². The summed E-state index contributed by atoms with van der Waals surface area (Å²) in [5.41, 5.74) is 16.2. The Bertz CT molecular complexity index is 2200. The highest BCUT2D eigenvalue weighted by atomic mass is 16.5. The lowest BCUT2D eigenvalue weighted by atomic mass is 10.0. The van der Waals surface area contributed by atoms with E-state index in [1.165, 1.54) is 18.5 Å². The van der Waals surface area contributed by atoms with Crippen molar-refractivity contribution in [3.63, 3.8) is 0 Å². The smallest absolute Gasteiger partial charge is 0.246 e. The van der Waals surface area contributed by atoms with E-state index in [-0.39, 0.29) is 35.4 Å². The first-order valence-electron chi connectivity index (χ1n) is 17.5. The van der Waals surface area contributed by atoms with Gasteiger partial charge in [0.05, 0.1) is 28.2 Å². The van der Waals surface area contributed by atoms with Gasteiger partial charge in [-0.1, -0.05) is 13.2 Å². The van der Waals surface area contributed by atoms with E-state index in [4.69, 9.17) is 26.7 Å². The van der Waals surface area contributed by atoms with Crippen molar-refractivity contribution in [3.8, 4) is 22.8 Å². The summed E-state index contributed by atoms with van der Waals surface area (Å²) in [5, 5.41) is 18.2. The van der Waals surface area contributed by atoms with Crippen LogP contribution in [0, 0.1) is 5.41 Å². The Hall–Kier alpha value is -6.57. The van der Waals surface area contributed by atoms with E-state index in [9.17, 15) is 9.59 Å². The minimum absolute atomic E-state index is 0.0105. The van der Waals surface area contributed by atoms with Gasteiger partial charge < -0.3 is 31.3 Å². The number of benzene rings is 2. The van der Waals surface area contributed by atoms with Crippen LogP contribution in [0.4, 0.5) is 17.5 Å². The molecule has 0 aliphatic carbocycles. The average molecular weight is 712 g/mol. The number of anilines is 3. The zero-order valence-electron chi connectivity index (χ0n) is 29.2. The van der Waals surface area contributed by atoms with Gasteiger partial charge in [-0.2, -0.15) is 5.10 Å². The summed E-state index contributed by atoms with van der Waals surface area (Å²) >= 11 is 0. The molecule has 3 aromatic heterocycles. The molecule has 6 N–H and O–H groups in total. The van der Waals surface area contributed by atoms with Gasteiger partial charge in [0.1, 0.15) is 41.0 Å². The van der Waals surface area contributed by atoms with Gasteiger partial charge in [-0.15, -0.1) is 0 Å². The van der Waals surface area contributed by atoms with Crippen molar-refractivity contribution in [2.24, 2.45) is 0 Å². The molecule has 0 saturated carbocycles. The normalized spacial score (nSPS) is 17.3. The topological polar surface area (TPSA) is 194 Å². The maximum atomic E-state index is 12.4. The first kappa shape index (κ1) is 34.9. The highest BCUT2D eigenvalue weighted by molar-refractivity contribution is 6.16. The minimum Gasteiger partial charge on any atom is -0.457 e. The number of nitrogens with zero attached hydrogens (tertiary/aromatic N) is 7. The van der Waals surface area contributed by atoms with Crippen LogP contribution in [-0.4, -0.2) is 84.3 Å². The number of carbonyl (C=O) groups is 2. The van der Waals surface area contributed by atoms with Gasteiger partial charge in [-0.3, -0.25) is 19.7 Å². The van der Waals surface area contributed by atoms with Crippen molar-refractivity contribution in [1.82, 2.24) is 34.5 Å². The summed E-state index contributed by atoms with van der Waals surface area (Å²) in [6.07, 6.45) is 9.14. The summed E-state index contributed by atoms with van der Waals surface area (Å²) in [7, 11) is 0. The molecule has 2 fully saturated rings. The molecule has 14 nitrogen and oxygen atoms in total. The van der Waals surface area contributed by atoms with Crippen LogP contribution in [-0.2, 0) is 9.59 Å². The Morgan fingerprint density at radius 1 is 0.849 bits per heavy atom. The number of pyridine rings is 1. The summed E-state index contributed by atoms with van der Waals surface area (Å²) in [6, 6.07) is 16.6. The molecule has 5 heterocycles. The molecule has 2 saturated heterocycles. The summed E-state index contributed by atoms with van der Waals surface area (Å²) in [4.78, 5) is 41.0. The zero-order chi connectivity index (χ0) is 37.1. The van der Waals surface area contributed by atoms with Crippen molar-refractivity contribution < 1.29 is 14.3 Å². The van der Waals surface area contributed by atoms with E-state index >= 15 is 0 Å². The molecular formula is C39H41N11O3. The molecule has 0 bridgehead atoms. The van der Waals surface area contributed by atoms with E-state index < -0.39 is 0 Å². The maximum absolute atomic E-state index is 12.4. The van der Waals surface area contributed by atoms with Gasteiger partial charge in [-0.25, -0.2) is 15.0 Å². The van der Waals surface area contributed by atoms with Crippen LogP contribution in [0.25, 0.3) is 22.2 Å². The van der Waals surface area contributed by atoms with E-state index in [0.29, 0.717) is 66.1 Å². The molecular weight excluding hydrogens is 671 g/mol. The van der Waals surface area contributed by atoms with Crippen LogP contribution in [0.5, 0.6) is 11.5 Å². The molecule has 7 rings (SSSR count). The molecule has 270 valence electrons. The Labute approximate surface area is 306 Å². The number of hydrogen-bond acceptors (Lipinski definition) is 11. The predicted octanol–water partition coefficient (Wildman–Crippen LogP) is 5.20. The van der Waals surface area contributed by atoms with Crippen LogP contribution < -0.4 is 21.5 Å². The first-order chi connectivity index (χ1) is 25.7. The van der Waals surface area contributed by atoms with E-state index in [1.807, 2.05) is 39.9 Å². The highest BCUT2D eigenvalue weighted by Gasteiger charge is 2.28. The molecule has 2 amide bonds. The number of hydrogen-bond donors (Lipinski definition) is 4. The number of amides is 2. The number of carbonyl (C=O) groups excluding carboxylic acids is 2. The van der Waals surface area contributed by atoms with E-state index in [2.05, 4.69) is 33.4 Å². The molecule has 2 atom stereocenters. The Morgan fingerprint density at radius 2 is 1.51 bits per heavy atom. The van der Waals surface area contributed by atoms with E-state index in [0.717, 1.165) is 42.1 Å². The van der Waals surface area contributed by atoms with Crippen LogP contribution in [0.2, 0.25) is 0 Å². The molecule has 2 aliphatic rings. The molecule has 0 radical (unpaired) electrons. The fourth-order valence-electron chi connectivity index (χ4n) is 7.10. The number of rotatable bonds is 10. The summed E-state index contributed by atoms with van der Waals surface area (Å²) in [6.45, 7) is 9.65. The second-order valence-electron chi connectivity index (χ2n) is 13.1. The van der Waals surface area contributed by atoms with Crippen molar-refractivity contribution in [2.45, 2.75) is 37.8 Å². The number of nitrogen functional groups attached to an aromatic ring is 2. The van der Waals surface area contributed by atoms with Crippen LogP contribution in [0.15, 0.2) is 92.4 Å². The standard InChI is InChI=1S/C39H41N11O3/c1-3-31(51)48-19-5-7-26(21-48)46-39-34(38(42)44-23-45-39)35(40)24-9-13-28(14-10-24)53-29-15-11-25(12-16-29)36-33-30(17-18-43-37(33)41)50(47-36)27-8-6-20-49(22-27)32(52)4-2/h3-4,9-18,23,26-27,40H,1-2,5-8,19-22H2,(H2,41,43)(H3,42,44,45,46)/t26-,27-/m1/s1. The average Bonchev–Trinajstić information content (AvgIpc) is 3.59. The number of aromatic nitrogens is 5. The van der Waals surface area contributed by atoms with Crippen LogP contribution in [0.1, 0.15) is 42.9 Å². The molecule has 14 heteroatoms. The van der Waals surface area contributed by atoms with Gasteiger partial charge in [-0.05, 0) is 92.4 Å². The monoisotopic (exact) mass is 711 g/mol. The minimum atomic E-state index is -0.111. The van der Waals surface area contributed by atoms with Crippen molar-refractivity contribution in [3.05, 3.63) is 104 Å². The lowest BCUT2D eigenvalue weighted by Crippen LogP contribution is -2.44. The van der Waals surface area contributed by atoms with Crippen molar-refractivity contribution >= 4 is 45.9 Å². The molecule has 5 aromatic rings. The Balaban J connectivity index is 1.06. The molecule has 0 spiro atoms. The third-order valence-corrected chi connectivity index (χ3v) is 9.76. The quantitative estimate of drug-likeness (QED) is 0.111. The zero-order valence-corrected chi connectivity index (χ0v) is 29.2. The number of nitrogens with one attached hydrogen (secondary N) is 2. The van der Waals surface area contributed by atoms with Gasteiger partial charge in [0, 0.05) is 49.5 Å². The number of likely N-dealkylation sites (tertiary alicyclic amines) is 2. The first-order valence-corrected chi connectivity index (χ1v) is 17.5. The number of fused-ring (bicyclic) bond motifs is 1. The molecule has 2 aromatic carbocycles. The van der Waals surface area contributed by atoms with Crippen molar-refractivity contribution in [2.75, 3.05) is 43.0 Å².